The van der Waals surface area contributed by atoms with Crippen LogP contribution in [-0.4, -0.2) is 35.5 Å². The smallest absolute Gasteiger partial charge is 0.203 e. The highest BCUT2D eigenvalue weighted by molar-refractivity contribution is 8.00. The summed E-state index contributed by atoms with van der Waals surface area (Å²) in [5.41, 5.74) is 4.53. The molecule has 0 saturated carbocycles. The lowest BCUT2D eigenvalue weighted by Crippen LogP contribution is -2.04. The fourth-order valence-electron chi connectivity index (χ4n) is 4.51. The lowest BCUT2D eigenvalue weighted by molar-refractivity contribution is 0.323. The van der Waals surface area contributed by atoms with Crippen molar-refractivity contribution in [3.05, 3.63) is 71.3 Å². The molecule has 3 aromatic carbocycles. The predicted molar refractivity (Wildman–Crippen MR) is 142 cm³/mol. The number of benzene rings is 3. The molecular formula is C28H33NO5S. The minimum Gasteiger partial charge on any atom is -0.493 e. The van der Waals surface area contributed by atoms with Gasteiger partial charge in [-0.25, -0.2) is 0 Å². The molecule has 0 aliphatic carbocycles. The van der Waals surface area contributed by atoms with Gasteiger partial charge in [0.25, 0.3) is 0 Å². The number of rotatable bonds is 10. The van der Waals surface area contributed by atoms with Gasteiger partial charge in [-0.1, -0.05) is 30.3 Å². The van der Waals surface area contributed by atoms with Gasteiger partial charge in [0, 0.05) is 17.0 Å². The fraction of sp³-hybridized carbons (Fsp3) is 0.357. The summed E-state index contributed by atoms with van der Waals surface area (Å²) < 4.78 is 28.0. The zero-order chi connectivity index (χ0) is 24.8. The average Bonchev–Trinajstić information content (AvgIpc) is 3.41. The first-order valence-electron chi connectivity index (χ1n) is 11.6. The second-order valence-corrected chi connectivity index (χ2v) is 9.70. The monoisotopic (exact) mass is 495 g/mol. The topological polar surface area (TPSA) is 58.2 Å². The van der Waals surface area contributed by atoms with Gasteiger partial charge in [-0.2, -0.15) is 0 Å². The molecule has 0 aromatic heterocycles. The first-order chi connectivity index (χ1) is 17.1. The van der Waals surface area contributed by atoms with Crippen LogP contribution in [0.15, 0.2) is 54.6 Å². The number of thioether (sulfide) groups is 1. The SMILES string of the molecule is COc1cc([C@H]2CC[C@H](c3cc(OC)c(OC)c(OC)c3)S2)cc(NCc2ccccc2)c1OC. The Morgan fingerprint density at radius 2 is 1.20 bits per heavy atom. The van der Waals surface area contributed by atoms with Crippen molar-refractivity contribution in [3.63, 3.8) is 0 Å². The van der Waals surface area contributed by atoms with E-state index >= 15 is 0 Å². The van der Waals surface area contributed by atoms with Crippen molar-refractivity contribution < 1.29 is 23.7 Å². The largest absolute Gasteiger partial charge is 0.493 e. The van der Waals surface area contributed by atoms with Crippen LogP contribution in [0.1, 0.15) is 40.0 Å². The summed E-state index contributed by atoms with van der Waals surface area (Å²) in [6.07, 6.45) is 2.11. The van der Waals surface area contributed by atoms with Crippen molar-refractivity contribution in [1.29, 1.82) is 0 Å². The standard InChI is InChI=1S/C28H33NO5S/c1-30-22-14-19(13-21(27(22)33-4)29-17-18-9-7-6-8-10-18)25-11-12-26(35-25)20-15-23(31-2)28(34-5)24(16-20)32-3/h6-10,13-16,25-26,29H,11-12,17H2,1-5H3/t25-,26-/m1/s1. The Morgan fingerprint density at radius 3 is 1.71 bits per heavy atom. The van der Waals surface area contributed by atoms with E-state index in [0.717, 1.165) is 30.0 Å². The Kier molecular flexibility index (Phi) is 8.18. The van der Waals surface area contributed by atoms with E-state index in [1.165, 1.54) is 16.7 Å². The molecule has 35 heavy (non-hydrogen) atoms. The van der Waals surface area contributed by atoms with Crippen molar-refractivity contribution in [2.75, 3.05) is 40.9 Å². The summed E-state index contributed by atoms with van der Waals surface area (Å²) in [6.45, 7) is 0.704. The third kappa shape index (κ3) is 5.40. The van der Waals surface area contributed by atoms with Gasteiger partial charge in [-0.05, 0) is 53.8 Å². The van der Waals surface area contributed by atoms with Crippen LogP contribution < -0.4 is 29.0 Å². The first kappa shape index (κ1) is 24.9. The normalized spacial score (nSPS) is 17.1. The van der Waals surface area contributed by atoms with Gasteiger partial charge in [-0.15, -0.1) is 11.8 Å². The minimum atomic E-state index is 0.322. The van der Waals surface area contributed by atoms with Crippen molar-refractivity contribution in [2.24, 2.45) is 0 Å². The Morgan fingerprint density at radius 1 is 0.686 bits per heavy atom. The van der Waals surface area contributed by atoms with Crippen LogP contribution in [0, 0.1) is 0 Å². The number of anilines is 1. The lowest BCUT2D eigenvalue weighted by atomic mass is 10.0. The molecule has 186 valence electrons. The minimum absolute atomic E-state index is 0.322. The quantitative estimate of drug-likeness (QED) is 0.338. The molecule has 7 heteroatoms. The van der Waals surface area contributed by atoms with Gasteiger partial charge >= 0.3 is 0 Å². The van der Waals surface area contributed by atoms with E-state index in [1.54, 1.807) is 35.5 Å². The molecule has 0 amide bonds. The van der Waals surface area contributed by atoms with Crippen LogP contribution in [0.3, 0.4) is 0 Å². The average molecular weight is 496 g/mol. The van der Waals surface area contributed by atoms with Crippen LogP contribution in [0.2, 0.25) is 0 Å². The summed E-state index contributed by atoms with van der Waals surface area (Å²) in [5.74, 6) is 3.44. The third-order valence-electron chi connectivity index (χ3n) is 6.28. The Labute approximate surface area is 211 Å². The van der Waals surface area contributed by atoms with E-state index in [9.17, 15) is 0 Å². The van der Waals surface area contributed by atoms with E-state index in [2.05, 4.69) is 41.7 Å². The molecule has 1 aliphatic rings. The molecule has 4 rings (SSSR count). The number of hydrogen-bond donors (Lipinski definition) is 1. The third-order valence-corrected chi connectivity index (χ3v) is 7.95. The maximum absolute atomic E-state index is 5.71. The van der Waals surface area contributed by atoms with Crippen LogP contribution in [0.5, 0.6) is 28.7 Å². The molecule has 1 saturated heterocycles. The molecule has 1 heterocycles. The zero-order valence-electron chi connectivity index (χ0n) is 20.9. The van der Waals surface area contributed by atoms with Crippen LogP contribution in [-0.2, 0) is 6.54 Å². The predicted octanol–water partition coefficient (Wildman–Crippen LogP) is 6.65. The van der Waals surface area contributed by atoms with Crippen LogP contribution in [0.4, 0.5) is 5.69 Å². The van der Waals surface area contributed by atoms with Gasteiger partial charge in [0.1, 0.15) is 0 Å². The molecule has 1 N–H and O–H groups in total. The summed E-state index contributed by atoms with van der Waals surface area (Å²) in [5, 5.41) is 4.20. The second-order valence-electron chi connectivity index (χ2n) is 8.29. The number of methoxy groups -OCH3 is 5. The van der Waals surface area contributed by atoms with Crippen molar-refractivity contribution in [2.45, 2.75) is 29.9 Å². The Balaban J connectivity index is 1.59. The highest BCUT2D eigenvalue weighted by atomic mass is 32.2. The molecule has 0 bridgehead atoms. The maximum Gasteiger partial charge on any atom is 0.203 e. The van der Waals surface area contributed by atoms with E-state index in [1.807, 2.05) is 30.0 Å². The van der Waals surface area contributed by atoms with Crippen molar-refractivity contribution >= 4 is 17.4 Å². The van der Waals surface area contributed by atoms with E-state index in [4.69, 9.17) is 23.7 Å². The molecule has 0 radical (unpaired) electrons. The Bertz CT molecular complexity index is 1110. The van der Waals surface area contributed by atoms with Gasteiger partial charge in [0.2, 0.25) is 5.75 Å². The van der Waals surface area contributed by atoms with Crippen molar-refractivity contribution in [1.82, 2.24) is 0 Å². The van der Waals surface area contributed by atoms with E-state index in [-0.39, 0.29) is 0 Å². The molecule has 1 fully saturated rings. The summed E-state index contributed by atoms with van der Waals surface area (Å²) >= 11 is 1.95. The number of nitrogens with one attached hydrogen (secondary N) is 1. The molecule has 0 spiro atoms. The number of ether oxygens (including phenoxy) is 5. The van der Waals surface area contributed by atoms with Gasteiger partial charge in [-0.3, -0.25) is 0 Å². The van der Waals surface area contributed by atoms with E-state index < -0.39 is 0 Å². The fourth-order valence-corrected chi connectivity index (χ4v) is 6.04. The van der Waals surface area contributed by atoms with Crippen LogP contribution >= 0.6 is 11.8 Å². The Hall–Kier alpha value is -3.19. The maximum atomic E-state index is 5.71. The lowest BCUT2D eigenvalue weighted by Gasteiger charge is -2.20. The first-order valence-corrected chi connectivity index (χ1v) is 12.5. The second kappa shape index (κ2) is 11.5. The van der Waals surface area contributed by atoms with Crippen LogP contribution in [0.25, 0.3) is 0 Å². The molecule has 1 aliphatic heterocycles. The molecule has 3 aromatic rings. The molecule has 0 unspecified atom stereocenters. The van der Waals surface area contributed by atoms with E-state index in [0.29, 0.717) is 34.3 Å². The van der Waals surface area contributed by atoms with Crippen molar-refractivity contribution in [3.8, 4) is 28.7 Å². The molecule has 6 nitrogen and oxygen atoms in total. The molecule has 2 atom stereocenters. The highest BCUT2D eigenvalue weighted by Gasteiger charge is 2.30. The molecular weight excluding hydrogens is 462 g/mol. The zero-order valence-corrected chi connectivity index (χ0v) is 21.7. The summed E-state index contributed by atoms with van der Waals surface area (Å²) in [6, 6.07) is 18.7. The highest BCUT2D eigenvalue weighted by Crippen LogP contribution is 2.55. The summed E-state index contributed by atoms with van der Waals surface area (Å²) in [4.78, 5) is 0. The van der Waals surface area contributed by atoms with Gasteiger partial charge in [0.05, 0.1) is 41.2 Å². The van der Waals surface area contributed by atoms with Gasteiger partial charge in [0.15, 0.2) is 23.0 Å². The number of hydrogen-bond acceptors (Lipinski definition) is 7. The summed E-state index contributed by atoms with van der Waals surface area (Å²) in [7, 11) is 8.29. The van der Waals surface area contributed by atoms with Gasteiger partial charge < -0.3 is 29.0 Å².